The van der Waals surface area contributed by atoms with Gasteiger partial charge in [-0.2, -0.15) is 0 Å². The molecule has 3 fully saturated rings. The van der Waals surface area contributed by atoms with Gasteiger partial charge in [-0.25, -0.2) is 13.1 Å². The van der Waals surface area contributed by atoms with Crippen molar-refractivity contribution in [2.24, 2.45) is 5.41 Å². The van der Waals surface area contributed by atoms with Crippen LogP contribution in [0, 0.1) is 17.3 Å². The molecule has 1 saturated carbocycles. The summed E-state index contributed by atoms with van der Waals surface area (Å²) in [5, 5.41) is 0. The summed E-state index contributed by atoms with van der Waals surface area (Å²) in [6.07, 6.45) is 6.14. The quantitative estimate of drug-likeness (QED) is 0.727. The second kappa shape index (κ2) is 7.79. The number of benzene rings is 1. The van der Waals surface area contributed by atoms with Crippen LogP contribution in [0.5, 0.6) is 0 Å². The predicted octanol–water partition coefficient (Wildman–Crippen LogP) is 2.68. The molecule has 4 rings (SSSR count). The van der Waals surface area contributed by atoms with Crippen molar-refractivity contribution in [2.75, 3.05) is 19.4 Å². The maximum Gasteiger partial charge on any atom is 0.209 e. The van der Waals surface area contributed by atoms with Crippen LogP contribution in [0.25, 0.3) is 0 Å². The summed E-state index contributed by atoms with van der Waals surface area (Å²) in [7, 11) is -3.28. The van der Waals surface area contributed by atoms with E-state index in [0.29, 0.717) is 0 Å². The van der Waals surface area contributed by atoms with Gasteiger partial charge in [0.15, 0.2) is 0 Å². The lowest BCUT2D eigenvalue weighted by Crippen LogP contribution is -2.47. The lowest BCUT2D eigenvalue weighted by molar-refractivity contribution is -0.0422. The Labute approximate surface area is 174 Å². The summed E-state index contributed by atoms with van der Waals surface area (Å²) in [6.45, 7) is 8.02. The minimum Gasteiger partial charge on any atom is -0.372 e. The van der Waals surface area contributed by atoms with Crippen molar-refractivity contribution in [1.29, 1.82) is 0 Å². The van der Waals surface area contributed by atoms with E-state index in [2.05, 4.69) is 47.1 Å². The van der Waals surface area contributed by atoms with Crippen LogP contribution < -0.4 is 4.72 Å². The highest BCUT2D eigenvalue weighted by Crippen LogP contribution is 2.44. The Morgan fingerprint density at radius 3 is 2.76 bits per heavy atom. The molecular formula is C23H30N2O3S. The van der Waals surface area contributed by atoms with Gasteiger partial charge in [0.05, 0.1) is 19.0 Å². The molecule has 0 spiro atoms. The molecule has 0 radical (unpaired) electrons. The smallest absolute Gasteiger partial charge is 0.209 e. The lowest BCUT2D eigenvalue weighted by Gasteiger charge is -2.38. The number of likely N-dealkylation sites (tertiary alicyclic amines) is 1. The Balaban J connectivity index is 1.54. The summed E-state index contributed by atoms with van der Waals surface area (Å²) in [5.41, 5.74) is 3.35. The van der Waals surface area contributed by atoms with Crippen LogP contribution in [-0.2, 0) is 21.2 Å². The molecule has 1 aromatic carbocycles. The standard InChI is InChI=1S/C23H30N2O3S/c1-17(22-9-14-28-22)25-13-8-20(24-29(3,26)27)21(25)16-19-6-4-5-18(15-19)7-10-23(2)11-12-23/h4-6,15,20-22,24H,1,8-9,11-14,16H2,2-3H3/t20-,21-,22?/m0/s1. The van der Waals surface area contributed by atoms with Crippen molar-refractivity contribution in [3.63, 3.8) is 0 Å². The van der Waals surface area contributed by atoms with Gasteiger partial charge in [0.2, 0.25) is 10.0 Å². The van der Waals surface area contributed by atoms with E-state index in [1.54, 1.807) is 0 Å². The molecule has 1 N–H and O–H groups in total. The van der Waals surface area contributed by atoms with Crippen LogP contribution >= 0.6 is 0 Å². The summed E-state index contributed by atoms with van der Waals surface area (Å²) >= 11 is 0. The monoisotopic (exact) mass is 414 g/mol. The third-order valence-electron chi connectivity index (χ3n) is 6.23. The maximum absolute atomic E-state index is 11.9. The van der Waals surface area contributed by atoms with Gasteiger partial charge < -0.3 is 9.64 Å². The summed E-state index contributed by atoms with van der Waals surface area (Å²) in [4.78, 5) is 2.25. The van der Waals surface area contributed by atoms with E-state index < -0.39 is 10.0 Å². The topological polar surface area (TPSA) is 58.6 Å². The number of sulfonamides is 1. The van der Waals surface area contributed by atoms with E-state index >= 15 is 0 Å². The van der Waals surface area contributed by atoms with Gasteiger partial charge in [-0.05, 0) is 50.3 Å². The zero-order chi connectivity index (χ0) is 20.6. The van der Waals surface area contributed by atoms with Crippen LogP contribution in [0.2, 0.25) is 0 Å². The van der Waals surface area contributed by atoms with Crippen LogP contribution in [0.15, 0.2) is 36.5 Å². The van der Waals surface area contributed by atoms with Gasteiger partial charge in [0.25, 0.3) is 0 Å². The van der Waals surface area contributed by atoms with Gasteiger partial charge in [-0.3, -0.25) is 0 Å². The molecule has 5 nitrogen and oxygen atoms in total. The van der Waals surface area contributed by atoms with Gasteiger partial charge in [-0.1, -0.05) is 30.6 Å². The first kappa shape index (κ1) is 20.5. The number of nitrogens with one attached hydrogen (secondary N) is 1. The Bertz CT molecular complexity index is 952. The summed E-state index contributed by atoms with van der Waals surface area (Å²) in [6, 6.07) is 8.20. The Morgan fingerprint density at radius 1 is 1.38 bits per heavy atom. The van der Waals surface area contributed by atoms with E-state index in [4.69, 9.17) is 4.74 Å². The molecular weight excluding hydrogens is 384 g/mol. The minimum atomic E-state index is -3.28. The third kappa shape index (κ3) is 5.03. The molecule has 1 unspecified atom stereocenters. The van der Waals surface area contributed by atoms with Crippen molar-refractivity contribution in [3.05, 3.63) is 47.7 Å². The fraction of sp³-hybridized carbons (Fsp3) is 0.565. The number of nitrogens with zero attached hydrogens (tertiary/aromatic N) is 1. The Kier molecular flexibility index (Phi) is 5.50. The van der Waals surface area contributed by atoms with Crippen molar-refractivity contribution >= 4 is 10.0 Å². The normalized spacial score (nSPS) is 27.7. The molecule has 1 aliphatic carbocycles. The second-order valence-electron chi connectivity index (χ2n) is 8.90. The van der Waals surface area contributed by atoms with Crippen molar-refractivity contribution in [3.8, 4) is 11.8 Å². The van der Waals surface area contributed by atoms with Gasteiger partial charge in [-0.15, -0.1) is 0 Å². The average molecular weight is 415 g/mol. The number of hydrogen-bond acceptors (Lipinski definition) is 4. The highest BCUT2D eigenvalue weighted by atomic mass is 32.2. The molecule has 0 amide bonds. The van der Waals surface area contributed by atoms with E-state index in [1.165, 1.54) is 19.1 Å². The fourth-order valence-electron chi connectivity index (χ4n) is 4.11. The minimum absolute atomic E-state index is 0.0191. The largest absolute Gasteiger partial charge is 0.372 e. The van der Waals surface area contributed by atoms with Crippen molar-refractivity contribution in [1.82, 2.24) is 9.62 Å². The van der Waals surface area contributed by atoms with Gasteiger partial charge in [0.1, 0.15) is 0 Å². The van der Waals surface area contributed by atoms with Crippen molar-refractivity contribution in [2.45, 2.75) is 57.2 Å². The van der Waals surface area contributed by atoms with E-state index in [9.17, 15) is 8.42 Å². The van der Waals surface area contributed by atoms with Gasteiger partial charge >= 0.3 is 0 Å². The molecule has 3 aliphatic rings. The first-order valence-electron chi connectivity index (χ1n) is 10.4. The highest BCUT2D eigenvalue weighted by molar-refractivity contribution is 7.88. The Morgan fingerprint density at radius 2 is 2.14 bits per heavy atom. The van der Waals surface area contributed by atoms with E-state index in [-0.39, 0.29) is 23.6 Å². The van der Waals surface area contributed by atoms with E-state index in [1.807, 2.05) is 12.1 Å². The van der Waals surface area contributed by atoms with E-state index in [0.717, 1.165) is 49.2 Å². The molecule has 3 atom stereocenters. The highest BCUT2D eigenvalue weighted by Gasteiger charge is 2.39. The zero-order valence-corrected chi connectivity index (χ0v) is 18.1. The number of ether oxygens (including phenoxy) is 1. The van der Waals surface area contributed by atoms with Crippen LogP contribution in [-0.4, -0.2) is 50.9 Å². The second-order valence-corrected chi connectivity index (χ2v) is 10.7. The van der Waals surface area contributed by atoms with Crippen LogP contribution in [0.3, 0.4) is 0 Å². The molecule has 2 heterocycles. The van der Waals surface area contributed by atoms with Crippen LogP contribution in [0.1, 0.15) is 43.7 Å². The molecule has 156 valence electrons. The molecule has 2 saturated heterocycles. The first-order valence-corrected chi connectivity index (χ1v) is 12.3. The average Bonchev–Trinajstić information content (AvgIpc) is 3.22. The number of rotatable bonds is 6. The molecule has 29 heavy (non-hydrogen) atoms. The van der Waals surface area contributed by atoms with Crippen molar-refractivity contribution < 1.29 is 13.2 Å². The Hall–Kier alpha value is -1.81. The van der Waals surface area contributed by atoms with Crippen LogP contribution in [0.4, 0.5) is 0 Å². The lowest BCUT2D eigenvalue weighted by atomic mass is 9.98. The predicted molar refractivity (Wildman–Crippen MR) is 115 cm³/mol. The molecule has 2 aliphatic heterocycles. The first-order chi connectivity index (χ1) is 13.7. The summed E-state index contributed by atoms with van der Waals surface area (Å²) < 4.78 is 32.3. The fourth-order valence-corrected chi connectivity index (χ4v) is 4.94. The SMILES string of the molecule is C=C(C1CCO1)N1CC[C@H](NS(C)(=O)=O)[C@@H]1Cc1cccc(C#CC2(C)CC2)c1. The molecule has 6 heteroatoms. The molecule has 0 bridgehead atoms. The summed E-state index contributed by atoms with van der Waals surface area (Å²) in [5.74, 6) is 6.70. The maximum atomic E-state index is 11.9. The molecule has 1 aromatic rings. The number of hydrogen-bond donors (Lipinski definition) is 1. The van der Waals surface area contributed by atoms with Gasteiger partial charge in [0, 0.05) is 41.7 Å². The molecule has 0 aromatic heterocycles. The zero-order valence-electron chi connectivity index (χ0n) is 17.3. The third-order valence-corrected chi connectivity index (χ3v) is 6.96.